The van der Waals surface area contributed by atoms with E-state index in [-0.39, 0.29) is 16.9 Å². The van der Waals surface area contributed by atoms with Gasteiger partial charge in [-0.25, -0.2) is 4.79 Å². The summed E-state index contributed by atoms with van der Waals surface area (Å²) >= 11 is 0. The van der Waals surface area contributed by atoms with Crippen LogP contribution in [0.3, 0.4) is 0 Å². The number of rotatable bonds is 5. The fraction of sp³-hybridized carbons (Fsp3) is 0.188. The number of hydrogen-bond donors (Lipinski definition) is 1. The van der Waals surface area contributed by atoms with Gasteiger partial charge in [-0.2, -0.15) is 8.78 Å². The predicted octanol–water partition coefficient (Wildman–Crippen LogP) is 3.86. The van der Waals surface area contributed by atoms with Crippen LogP contribution < -0.4 is 4.74 Å². The average molecular weight is 292 g/mol. The minimum atomic E-state index is -3.11. The number of benzene rings is 2. The number of aryl methyl sites for hydroxylation is 1. The Morgan fingerprint density at radius 2 is 1.86 bits per heavy atom. The number of hydrogen-bond acceptors (Lipinski definition) is 2. The second-order valence-electron chi connectivity index (χ2n) is 4.64. The van der Waals surface area contributed by atoms with E-state index in [1.54, 1.807) is 13.0 Å². The molecule has 0 saturated carbocycles. The minimum absolute atomic E-state index is 0.121. The molecule has 0 amide bonds. The molecule has 110 valence electrons. The van der Waals surface area contributed by atoms with Crippen molar-refractivity contribution in [1.82, 2.24) is 0 Å². The molecule has 21 heavy (non-hydrogen) atoms. The van der Waals surface area contributed by atoms with Crippen molar-refractivity contribution < 1.29 is 23.4 Å². The van der Waals surface area contributed by atoms with Crippen LogP contribution in [-0.4, -0.2) is 17.7 Å². The van der Waals surface area contributed by atoms with Gasteiger partial charge in [0, 0.05) is 5.56 Å². The standard InChI is InChI=1S/C16H14F2O3/c1-11-9-13(7-8-14(11)15(19)20)21-10-16(17,18)12-5-3-2-4-6-12/h2-9H,10H2,1H3,(H,19,20). The molecule has 0 fully saturated rings. The van der Waals surface area contributed by atoms with E-state index in [9.17, 15) is 13.6 Å². The Morgan fingerprint density at radius 1 is 1.19 bits per heavy atom. The highest BCUT2D eigenvalue weighted by atomic mass is 19.3. The second-order valence-corrected chi connectivity index (χ2v) is 4.64. The SMILES string of the molecule is Cc1cc(OCC(F)(F)c2ccccc2)ccc1C(=O)O. The Balaban J connectivity index is 2.09. The number of carbonyl (C=O) groups is 1. The van der Waals surface area contributed by atoms with E-state index in [2.05, 4.69) is 0 Å². The molecule has 0 atom stereocenters. The second kappa shape index (κ2) is 5.91. The third kappa shape index (κ3) is 3.56. The summed E-state index contributed by atoms with van der Waals surface area (Å²) in [5, 5.41) is 8.90. The molecule has 0 aliphatic heterocycles. The molecule has 0 spiro atoms. The molecular formula is C16H14F2O3. The Labute approximate surface area is 120 Å². The number of carboxylic acids is 1. The van der Waals surface area contributed by atoms with Crippen molar-refractivity contribution >= 4 is 5.97 Å². The molecule has 0 bridgehead atoms. The van der Waals surface area contributed by atoms with Gasteiger partial charge < -0.3 is 9.84 Å². The highest BCUT2D eigenvalue weighted by Crippen LogP contribution is 2.29. The van der Waals surface area contributed by atoms with E-state index in [0.29, 0.717) is 5.56 Å². The summed E-state index contributed by atoms with van der Waals surface area (Å²) in [6, 6.07) is 11.6. The molecule has 1 N–H and O–H groups in total. The zero-order valence-electron chi connectivity index (χ0n) is 11.3. The van der Waals surface area contributed by atoms with E-state index in [4.69, 9.17) is 9.84 Å². The van der Waals surface area contributed by atoms with E-state index in [0.717, 1.165) is 0 Å². The van der Waals surface area contributed by atoms with Crippen molar-refractivity contribution in [1.29, 1.82) is 0 Å². The number of halogens is 2. The van der Waals surface area contributed by atoms with Crippen molar-refractivity contribution in [3.05, 3.63) is 65.2 Å². The summed E-state index contributed by atoms with van der Waals surface area (Å²) in [6.45, 7) is 0.786. The quantitative estimate of drug-likeness (QED) is 0.910. The maximum Gasteiger partial charge on any atom is 0.335 e. The fourth-order valence-electron chi connectivity index (χ4n) is 1.91. The molecule has 0 unspecified atom stereocenters. The summed E-state index contributed by atoms with van der Waals surface area (Å²) in [6.07, 6.45) is 0. The number of aromatic carboxylic acids is 1. The van der Waals surface area contributed by atoms with Gasteiger partial charge in [-0.05, 0) is 30.7 Å². The van der Waals surface area contributed by atoms with Crippen LogP contribution in [0.1, 0.15) is 21.5 Å². The smallest absolute Gasteiger partial charge is 0.335 e. The Hall–Kier alpha value is -2.43. The zero-order valence-corrected chi connectivity index (χ0v) is 11.3. The highest BCUT2D eigenvalue weighted by Gasteiger charge is 2.32. The Kier molecular flexibility index (Phi) is 4.21. The molecule has 0 heterocycles. The molecule has 0 aromatic heterocycles. The maximum atomic E-state index is 13.9. The molecule has 2 rings (SSSR count). The molecule has 0 aliphatic carbocycles. The van der Waals surface area contributed by atoms with Crippen LogP contribution in [0.25, 0.3) is 0 Å². The predicted molar refractivity (Wildman–Crippen MR) is 74.0 cm³/mol. The summed E-state index contributed by atoms with van der Waals surface area (Å²) in [5.41, 5.74) is 0.462. The third-order valence-corrected chi connectivity index (χ3v) is 3.04. The van der Waals surface area contributed by atoms with Crippen LogP contribution in [0, 0.1) is 6.92 Å². The first-order chi connectivity index (χ1) is 9.90. The average Bonchev–Trinajstić information content (AvgIpc) is 2.46. The lowest BCUT2D eigenvalue weighted by atomic mass is 10.1. The van der Waals surface area contributed by atoms with Crippen LogP contribution in [0.4, 0.5) is 8.78 Å². The van der Waals surface area contributed by atoms with E-state index < -0.39 is 18.5 Å². The fourth-order valence-corrected chi connectivity index (χ4v) is 1.91. The molecule has 2 aromatic rings. The van der Waals surface area contributed by atoms with E-state index >= 15 is 0 Å². The summed E-state index contributed by atoms with van der Waals surface area (Å²) in [4.78, 5) is 10.9. The van der Waals surface area contributed by atoms with Crippen molar-refractivity contribution in [2.24, 2.45) is 0 Å². The van der Waals surface area contributed by atoms with Crippen LogP contribution in [0.5, 0.6) is 5.75 Å². The first-order valence-electron chi connectivity index (χ1n) is 6.30. The number of alkyl halides is 2. The summed E-state index contributed by atoms with van der Waals surface area (Å²) in [7, 11) is 0. The highest BCUT2D eigenvalue weighted by molar-refractivity contribution is 5.89. The summed E-state index contributed by atoms with van der Waals surface area (Å²) < 4.78 is 33.0. The van der Waals surface area contributed by atoms with Gasteiger partial charge in [-0.1, -0.05) is 30.3 Å². The number of ether oxygens (including phenoxy) is 1. The topological polar surface area (TPSA) is 46.5 Å². The Morgan fingerprint density at radius 3 is 2.43 bits per heavy atom. The van der Waals surface area contributed by atoms with Gasteiger partial charge in [-0.3, -0.25) is 0 Å². The zero-order chi connectivity index (χ0) is 15.5. The summed E-state index contributed by atoms with van der Waals surface area (Å²) in [5.74, 6) is -3.96. The molecule has 0 aliphatic rings. The van der Waals surface area contributed by atoms with Crippen molar-refractivity contribution in [2.75, 3.05) is 6.61 Å². The van der Waals surface area contributed by atoms with Gasteiger partial charge in [0.05, 0.1) is 5.56 Å². The van der Waals surface area contributed by atoms with E-state index in [1.807, 2.05) is 0 Å². The lowest BCUT2D eigenvalue weighted by Gasteiger charge is -2.17. The maximum absolute atomic E-state index is 13.9. The lowest BCUT2D eigenvalue weighted by Crippen LogP contribution is -2.23. The lowest BCUT2D eigenvalue weighted by molar-refractivity contribution is -0.0467. The van der Waals surface area contributed by atoms with Crippen LogP contribution in [0.2, 0.25) is 0 Å². The van der Waals surface area contributed by atoms with Crippen molar-refractivity contribution in [3.63, 3.8) is 0 Å². The van der Waals surface area contributed by atoms with E-state index in [1.165, 1.54) is 42.5 Å². The van der Waals surface area contributed by atoms with Crippen LogP contribution in [0.15, 0.2) is 48.5 Å². The first-order valence-corrected chi connectivity index (χ1v) is 6.30. The number of carboxylic acid groups (broad SMARTS) is 1. The van der Waals surface area contributed by atoms with Crippen LogP contribution in [-0.2, 0) is 5.92 Å². The molecule has 2 aromatic carbocycles. The Bertz CT molecular complexity index is 639. The van der Waals surface area contributed by atoms with Gasteiger partial charge in [0.2, 0.25) is 0 Å². The van der Waals surface area contributed by atoms with Gasteiger partial charge in [-0.15, -0.1) is 0 Å². The van der Waals surface area contributed by atoms with Gasteiger partial charge in [0.1, 0.15) is 5.75 Å². The monoisotopic (exact) mass is 292 g/mol. The largest absolute Gasteiger partial charge is 0.487 e. The van der Waals surface area contributed by atoms with Crippen molar-refractivity contribution in [3.8, 4) is 5.75 Å². The van der Waals surface area contributed by atoms with Crippen molar-refractivity contribution in [2.45, 2.75) is 12.8 Å². The normalized spacial score (nSPS) is 11.2. The molecule has 0 radical (unpaired) electrons. The van der Waals surface area contributed by atoms with Gasteiger partial charge in [0.25, 0.3) is 0 Å². The molecular weight excluding hydrogens is 278 g/mol. The molecule has 0 saturated heterocycles. The third-order valence-electron chi connectivity index (χ3n) is 3.04. The molecule has 5 heteroatoms. The van der Waals surface area contributed by atoms with Gasteiger partial charge >= 0.3 is 11.9 Å². The van der Waals surface area contributed by atoms with Gasteiger partial charge in [0.15, 0.2) is 6.61 Å². The molecule has 3 nitrogen and oxygen atoms in total. The minimum Gasteiger partial charge on any atom is -0.487 e. The van der Waals surface area contributed by atoms with Crippen LogP contribution >= 0.6 is 0 Å². The first kappa shape index (κ1) is 15.0.